The van der Waals surface area contributed by atoms with E-state index in [9.17, 15) is 19.7 Å². The normalized spacial score (nSPS) is 15.0. The summed E-state index contributed by atoms with van der Waals surface area (Å²) in [6, 6.07) is 13.8. The van der Waals surface area contributed by atoms with Gasteiger partial charge in [-0.25, -0.2) is 9.79 Å². The molecule has 0 N–H and O–H groups in total. The van der Waals surface area contributed by atoms with Crippen LogP contribution in [0.15, 0.2) is 80.1 Å². The molecular formula is C28H22ClN3O7S. The van der Waals surface area contributed by atoms with Crippen LogP contribution in [0.3, 0.4) is 0 Å². The van der Waals surface area contributed by atoms with Crippen molar-refractivity contribution in [1.82, 2.24) is 4.57 Å². The summed E-state index contributed by atoms with van der Waals surface area (Å²) in [5.41, 5.74) is 0.878. The molecule has 1 aliphatic rings. The molecule has 2 aromatic carbocycles. The number of carbonyl (C=O) groups excluding carboxylic acids is 1. The van der Waals surface area contributed by atoms with E-state index in [1.54, 1.807) is 56.3 Å². The lowest BCUT2D eigenvalue weighted by molar-refractivity contribution is -0.384. The first-order chi connectivity index (χ1) is 19.2. The van der Waals surface area contributed by atoms with E-state index in [-0.39, 0.29) is 29.2 Å². The van der Waals surface area contributed by atoms with Gasteiger partial charge in [0, 0.05) is 11.1 Å². The van der Waals surface area contributed by atoms with Crippen molar-refractivity contribution in [3.05, 3.63) is 112 Å². The first kappa shape index (κ1) is 27.1. The van der Waals surface area contributed by atoms with E-state index >= 15 is 0 Å². The van der Waals surface area contributed by atoms with Crippen LogP contribution in [0.4, 0.5) is 5.69 Å². The Morgan fingerprint density at radius 3 is 2.73 bits per heavy atom. The molecule has 0 fully saturated rings. The lowest BCUT2D eigenvalue weighted by atomic mass is 9.96. The molecule has 0 amide bonds. The maximum absolute atomic E-state index is 13.8. The van der Waals surface area contributed by atoms with Gasteiger partial charge in [0.25, 0.3) is 11.2 Å². The third-order valence-corrected chi connectivity index (χ3v) is 7.61. The second-order valence-electron chi connectivity index (χ2n) is 8.67. The predicted molar refractivity (Wildman–Crippen MR) is 149 cm³/mol. The molecule has 1 atom stereocenters. The average molecular weight is 580 g/mol. The molecule has 40 heavy (non-hydrogen) atoms. The molecule has 4 aromatic rings. The highest BCUT2D eigenvalue weighted by molar-refractivity contribution is 7.07. The molecule has 204 valence electrons. The zero-order chi connectivity index (χ0) is 28.6. The van der Waals surface area contributed by atoms with Crippen LogP contribution in [-0.2, 0) is 9.53 Å². The van der Waals surface area contributed by atoms with Crippen LogP contribution in [0, 0.1) is 10.1 Å². The van der Waals surface area contributed by atoms with Gasteiger partial charge in [-0.15, -0.1) is 0 Å². The largest absolute Gasteiger partial charge is 0.497 e. The number of nitrogens with zero attached hydrogens (tertiary/aromatic N) is 3. The van der Waals surface area contributed by atoms with Crippen molar-refractivity contribution in [3.8, 4) is 17.1 Å². The molecule has 1 unspecified atom stereocenters. The van der Waals surface area contributed by atoms with Gasteiger partial charge < -0.3 is 13.9 Å². The molecule has 0 bridgehead atoms. The summed E-state index contributed by atoms with van der Waals surface area (Å²) >= 11 is 7.65. The highest BCUT2D eigenvalue weighted by atomic mass is 35.5. The number of fused-ring (bicyclic) bond motifs is 1. The monoisotopic (exact) mass is 579 g/mol. The van der Waals surface area contributed by atoms with Crippen molar-refractivity contribution in [2.45, 2.75) is 19.9 Å². The van der Waals surface area contributed by atoms with Crippen LogP contribution < -0.4 is 19.6 Å². The predicted octanol–water partition coefficient (Wildman–Crippen LogP) is 4.63. The van der Waals surface area contributed by atoms with Gasteiger partial charge in [0.1, 0.15) is 23.3 Å². The molecule has 5 rings (SSSR count). The second-order valence-corrected chi connectivity index (χ2v) is 10.1. The minimum atomic E-state index is -0.847. The van der Waals surface area contributed by atoms with Crippen molar-refractivity contribution in [2.24, 2.45) is 4.99 Å². The molecule has 0 saturated carbocycles. The summed E-state index contributed by atoms with van der Waals surface area (Å²) in [5.74, 6) is 0.317. The lowest BCUT2D eigenvalue weighted by Crippen LogP contribution is -2.40. The molecule has 3 heterocycles. The van der Waals surface area contributed by atoms with E-state index in [1.165, 1.54) is 29.9 Å². The third-order valence-electron chi connectivity index (χ3n) is 6.28. The van der Waals surface area contributed by atoms with Crippen LogP contribution in [0.25, 0.3) is 17.4 Å². The molecule has 0 radical (unpaired) electrons. The summed E-state index contributed by atoms with van der Waals surface area (Å²) in [6.07, 6.45) is 1.54. The molecule has 0 saturated heterocycles. The lowest BCUT2D eigenvalue weighted by Gasteiger charge is -2.25. The number of hydrogen-bond donors (Lipinski definition) is 0. The van der Waals surface area contributed by atoms with Crippen LogP contribution in [0.5, 0.6) is 5.75 Å². The Balaban J connectivity index is 1.64. The number of nitro benzene ring substituents is 1. The summed E-state index contributed by atoms with van der Waals surface area (Å²) in [7, 11) is 1.42. The third kappa shape index (κ3) is 4.85. The van der Waals surface area contributed by atoms with Gasteiger partial charge in [0.2, 0.25) is 0 Å². The number of hydrogen-bond acceptors (Lipinski definition) is 9. The van der Waals surface area contributed by atoms with E-state index in [2.05, 4.69) is 4.99 Å². The SMILES string of the molecule is CCOC(=O)C1=C(C)N=c2s/c(=C/c3ccc(-c4ccc(OC)cc4[N+](=O)[O-])o3)c(=O)n2C1c1ccccc1Cl. The Hall–Kier alpha value is -4.48. The van der Waals surface area contributed by atoms with E-state index in [0.717, 1.165) is 11.3 Å². The fraction of sp³-hybridized carbons (Fsp3) is 0.179. The van der Waals surface area contributed by atoms with E-state index < -0.39 is 22.5 Å². The first-order valence-corrected chi connectivity index (χ1v) is 13.3. The topological polar surface area (TPSA) is 126 Å². The van der Waals surface area contributed by atoms with Crippen molar-refractivity contribution in [1.29, 1.82) is 0 Å². The number of nitro groups is 1. The van der Waals surface area contributed by atoms with Gasteiger partial charge in [0.05, 0.1) is 46.1 Å². The minimum absolute atomic E-state index is 0.155. The van der Waals surface area contributed by atoms with Crippen LogP contribution >= 0.6 is 22.9 Å². The highest BCUT2D eigenvalue weighted by Crippen LogP contribution is 2.35. The Labute approximate surface area is 236 Å². The van der Waals surface area contributed by atoms with E-state index in [1.807, 2.05) is 0 Å². The number of halogens is 1. The summed E-state index contributed by atoms with van der Waals surface area (Å²) in [4.78, 5) is 42.8. The van der Waals surface area contributed by atoms with Gasteiger partial charge in [-0.1, -0.05) is 41.1 Å². The molecule has 10 nitrogen and oxygen atoms in total. The maximum atomic E-state index is 13.8. The molecular weight excluding hydrogens is 558 g/mol. The van der Waals surface area contributed by atoms with E-state index in [4.69, 9.17) is 25.5 Å². The highest BCUT2D eigenvalue weighted by Gasteiger charge is 2.34. The Bertz CT molecular complexity index is 1870. The zero-order valence-electron chi connectivity index (χ0n) is 21.5. The number of benzene rings is 2. The molecule has 0 spiro atoms. The summed E-state index contributed by atoms with van der Waals surface area (Å²) in [6.45, 7) is 3.54. The number of esters is 1. The molecule has 0 aliphatic carbocycles. The second kappa shape index (κ2) is 10.9. The zero-order valence-corrected chi connectivity index (χ0v) is 23.1. The summed E-state index contributed by atoms with van der Waals surface area (Å²) in [5, 5.41) is 12.0. The van der Waals surface area contributed by atoms with Gasteiger partial charge in [-0.3, -0.25) is 19.5 Å². The van der Waals surface area contributed by atoms with Crippen LogP contribution in [0.2, 0.25) is 5.02 Å². The fourth-order valence-electron chi connectivity index (χ4n) is 4.48. The van der Waals surface area contributed by atoms with Gasteiger partial charge in [-0.2, -0.15) is 0 Å². The van der Waals surface area contributed by atoms with Crippen molar-refractivity contribution < 1.29 is 23.6 Å². The quantitative estimate of drug-likeness (QED) is 0.177. The minimum Gasteiger partial charge on any atom is -0.497 e. The summed E-state index contributed by atoms with van der Waals surface area (Å²) < 4.78 is 18.0. The number of allylic oxidation sites excluding steroid dienone is 1. The van der Waals surface area contributed by atoms with Gasteiger partial charge in [-0.05, 0) is 49.7 Å². The Morgan fingerprint density at radius 2 is 2.02 bits per heavy atom. The van der Waals surface area contributed by atoms with Crippen LogP contribution in [-0.4, -0.2) is 29.2 Å². The Morgan fingerprint density at radius 1 is 1.25 bits per heavy atom. The van der Waals surface area contributed by atoms with Crippen molar-refractivity contribution in [2.75, 3.05) is 13.7 Å². The van der Waals surface area contributed by atoms with Crippen molar-refractivity contribution >= 4 is 40.7 Å². The number of thiazole rings is 1. The number of ether oxygens (including phenoxy) is 2. The number of furan rings is 1. The molecule has 12 heteroatoms. The first-order valence-electron chi connectivity index (χ1n) is 12.1. The molecule has 1 aliphatic heterocycles. The number of aromatic nitrogens is 1. The average Bonchev–Trinajstić information content (AvgIpc) is 3.52. The number of methoxy groups -OCH3 is 1. The van der Waals surface area contributed by atoms with E-state index in [0.29, 0.717) is 37.1 Å². The van der Waals surface area contributed by atoms with Crippen molar-refractivity contribution in [3.63, 3.8) is 0 Å². The van der Waals surface area contributed by atoms with Gasteiger partial charge in [0.15, 0.2) is 4.80 Å². The fourth-order valence-corrected chi connectivity index (χ4v) is 5.75. The maximum Gasteiger partial charge on any atom is 0.338 e. The molecule has 2 aromatic heterocycles. The number of rotatable bonds is 7. The smallest absolute Gasteiger partial charge is 0.338 e. The number of carbonyl (C=O) groups is 1. The van der Waals surface area contributed by atoms with Gasteiger partial charge >= 0.3 is 5.97 Å². The Kier molecular flexibility index (Phi) is 7.42. The van der Waals surface area contributed by atoms with Crippen LogP contribution in [0.1, 0.15) is 31.2 Å². The standard InChI is InChI=1S/C28H22ClN3O7S/c1-4-38-27(34)24-15(2)30-28-31(25(24)18-7-5-6-8-20(18)29)26(33)23(40-28)14-17-10-12-22(39-17)19-11-9-16(37-3)13-21(19)32(35)36/h5-14,25H,4H2,1-3H3/b23-14+.